The van der Waals surface area contributed by atoms with Gasteiger partial charge >= 0.3 is 0 Å². The summed E-state index contributed by atoms with van der Waals surface area (Å²) < 4.78 is 0. The van der Waals surface area contributed by atoms with Crippen molar-refractivity contribution in [3.05, 3.63) is 101 Å². The molecule has 1 atom stereocenters. The van der Waals surface area contributed by atoms with Crippen LogP contribution in [0.3, 0.4) is 0 Å². The predicted molar refractivity (Wildman–Crippen MR) is 95.8 cm³/mol. The van der Waals surface area contributed by atoms with E-state index in [9.17, 15) is 4.79 Å². The molecule has 0 bridgehead atoms. The van der Waals surface area contributed by atoms with Crippen LogP contribution in [-0.2, 0) is 11.2 Å². The van der Waals surface area contributed by atoms with Gasteiger partial charge in [0, 0.05) is 17.4 Å². The summed E-state index contributed by atoms with van der Waals surface area (Å²) in [6.45, 7) is 0. The highest BCUT2D eigenvalue weighted by Gasteiger charge is 2.17. The summed E-state index contributed by atoms with van der Waals surface area (Å²) in [7, 11) is 0. The zero-order valence-electron chi connectivity index (χ0n) is 13.0. The Hall–Kier alpha value is -2.65. The Labute approximate surface area is 146 Å². The van der Waals surface area contributed by atoms with Crippen molar-refractivity contribution >= 4 is 17.5 Å². The van der Waals surface area contributed by atoms with Crippen molar-refractivity contribution < 1.29 is 4.79 Å². The van der Waals surface area contributed by atoms with Crippen LogP contribution in [0.2, 0.25) is 5.02 Å². The molecule has 0 spiro atoms. The van der Waals surface area contributed by atoms with E-state index in [1.807, 2.05) is 54.6 Å². The molecule has 0 radical (unpaired) electrons. The van der Waals surface area contributed by atoms with Gasteiger partial charge < -0.3 is 5.32 Å². The standard InChI is InChI=1S/C20H17ClN2O/c21-18-10-8-15(9-11-18)13-19(24)23-20(16-5-2-1-3-6-16)17-7-4-12-22-14-17/h1-12,14,20H,13H2,(H,23,24). The van der Waals surface area contributed by atoms with Gasteiger partial charge in [-0.1, -0.05) is 60.1 Å². The van der Waals surface area contributed by atoms with Crippen LogP contribution < -0.4 is 5.32 Å². The highest BCUT2D eigenvalue weighted by Crippen LogP contribution is 2.21. The predicted octanol–water partition coefficient (Wildman–Crippen LogP) is 4.18. The summed E-state index contributed by atoms with van der Waals surface area (Å²) in [5, 5.41) is 3.76. The summed E-state index contributed by atoms with van der Waals surface area (Å²) in [5.41, 5.74) is 2.90. The number of carbonyl (C=O) groups is 1. The Bertz CT molecular complexity index is 749. The molecule has 1 heterocycles. The third-order valence-corrected chi connectivity index (χ3v) is 3.99. The topological polar surface area (TPSA) is 42.0 Å². The smallest absolute Gasteiger partial charge is 0.225 e. The molecule has 24 heavy (non-hydrogen) atoms. The number of carbonyl (C=O) groups excluding carboxylic acids is 1. The first-order valence-corrected chi connectivity index (χ1v) is 8.09. The molecule has 120 valence electrons. The number of benzene rings is 2. The second-order valence-electron chi connectivity index (χ2n) is 5.50. The molecule has 1 amide bonds. The van der Waals surface area contributed by atoms with Crippen molar-refractivity contribution in [1.82, 2.24) is 10.3 Å². The van der Waals surface area contributed by atoms with Gasteiger partial charge in [0.2, 0.25) is 5.91 Å². The van der Waals surface area contributed by atoms with Crippen LogP contribution in [0.1, 0.15) is 22.7 Å². The van der Waals surface area contributed by atoms with E-state index in [0.29, 0.717) is 11.4 Å². The fraction of sp³-hybridized carbons (Fsp3) is 0.100. The Morgan fingerprint density at radius 3 is 2.33 bits per heavy atom. The monoisotopic (exact) mass is 336 g/mol. The van der Waals surface area contributed by atoms with Gasteiger partial charge in [-0.25, -0.2) is 0 Å². The van der Waals surface area contributed by atoms with Gasteiger partial charge in [0.05, 0.1) is 12.5 Å². The Morgan fingerprint density at radius 1 is 0.958 bits per heavy atom. The zero-order valence-corrected chi connectivity index (χ0v) is 13.8. The maximum Gasteiger partial charge on any atom is 0.225 e. The van der Waals surface area contributed by atoms with Crippen LogP contribution in [0, 0.1) is 0 Å². The van der Waals surface area contributed by atoms with E-state index in [4.69, 9.17) is 11.6 Å². The lowest BCUT2D eigenvalue weighted by Gasteiger charge is -2.19. The summed E-state index contributed by atoms with van der Waals surface area (Å²) in [6.07, 6.45) is 3.81. The summed E-state index contributed by atoms with van der Waals surface area (Å²) in [5.74, 6) is -0.0463. The highest BCUT2D eigenvalue weighted by molar-refractivity contribution is 6.30. The number of hydrogen-bond acceptors (Lipinski definition) is 2. The number of halogens is 1. The summed E-state index contributed by atoms with van der Waals surface area (Å²) >= 11 is 5.89. The lowest BCUT2D eigenvalue weighted by molar-refractivity contribution is -0.120. The average Bonchev–Trinajstić information content (AvgIpc) is 2.63. The van der Waals surface area contributed by atoms with Crippen molar-refractivity contribution in [3.63, 3.8) is 0 Å². The lowest BCUT2D eigenvalue weighted by atomic mass is 9.99. The van der Waals surface area contributed by atoms with E-state index in [0.717, 1.165) is 16.7 Å². The molecule has 4 heteroatoms. The molecular formula is C20H17ClN2O. The van der Waals surface area contributed by atoms with Gasteiger partial charge in [0.1, 0.15) is 0 Å². The molecule has 3 nitrogen and oxygen atoms in total. The molecule has 0 aliphatic carbocycles. The first kappa shape index (κ1) is 16.2. The molecule has 3 rings (SSSR count). The van der Waals surface area contributed by atoms with Gasteiger partial charge in [-0.15, -0.1) is 0 Å². The minimum Gasteiger partial charge on any atom is -0.345 e. The number of hydrogen-bond donors (Lipinski definition) is 1. The highest BCUT2D eigenvalue weighted by atomic mass is 35.5. The van der Waals surface area contributed by atoms with E-state index >= 15 is 0 Å². The van der Waals surface area contributed by atoms with Crippen molar-refractivity contribution in [2.75, 3.05) is 0 Å². The largest absolute Gasteiger partial charge is 0.345 e. The van der Waals surface area contributed by atoms with Gasteiger partial charge in [0.15, 0.2) is 0 Å². The van der Waals surface area contributed by atoms with Crippen molar-refractivity contribution in [1.29, 1.82) is 0 Å². The van der Waals surface area contributed by atoms with E-state index in [1.54, 1.807) is 24.5 Å². The number of nitrogens with one attached hydrogen (secondary N) is 1. The molecule has 0 saturated carbocycles. The first-order valence-electron chi connectivity index (χ1n) is 7.71. The lowest BCUT2D eigenvalue weighted by Crippen LogP contribution is -2.30. The van der Waals surface area contributed by atoms with Crippen LogP contribution in [-0.4, -0.2) is 10.9 Å². The fourth-order valence-corrected chi connectivity index (χ4v) is 2.68. The number of pyridine rings is 1. The molecule has 0 fully saturated rings. The van der Waals surface area contributed by atoms with Crippen LogP contribution in [0.15, 0.2) is 79.1 Å². The maximum atomic E-state index is 12.5. The zero-order chi connectivity index (χ0) is 16.8. The Balaban J connectivity index is 1.79. The SMILES string of the molecule is O=C(Cc1ccc(Cl)cc1)NC(c1ccccc1)c1cccnc1. The maximum absolute atomic E-state index is 12.5. The third kappa shape index (κ3) is 4.21. The van der Waals surface area contributed by atoms with Gasteiger partial charge in [-0.2, -0.15) is 0 Å². The second-order valence-corrected chi connectivity index (χ2v) is 5.94. The molecule has 0 aliphatic rings. The normalized spacial score (nSPS) is 11.7. The minimum absolute atomic E-state index is 0.0463. The molecule has 1 aromatic heterocycles. The molecule has 1 N–H and O–H groups in total. The van der Waals surface area contributed by atoms with Gasteiger partial charge in [-0.05, 0) is 34.9 Å². The number of nitrogens with zero attached hydrogens (tertiary/aromatic N) is 1. The van der Waals surface area contributed by atoms with Crippen LogP contribution in [0.4, 0.5) is 0 Å². The molecular weight excluding hydrogens is 320 g/mol. The average molecular weight is 337 g/mol. The van der Waals surface area contributed by atoms with Gasteiger partial charge in [0.25, 0.3) is 0 Å². The van der Waals surface area contributed by atoms with E-state index in [1.165, 1.54) is 0 Å². The van der Waals surface area contributed by atoms with Crippen molar-refractivity contribution in [2.24, 2.45) is 0 Å². The van der Waals surface area contributed by atoms with Crippen LogP contribution in [0.25, 0.3) is 0 Å². The fourth-order valence-electron chi connectivity index (χ4n) is 2.55. The van der Waals surface area contributed by atoms with Gasteiger partial charge in [-0.3, -0.25) is 9.78 Å². The molecule has 1 unspecified atom stereocenters. The third-order valence-electron chi connectivity index (χ3n) is 3.73. The Kier molecular flexibility index (Phi) is 5.24. The molecule has 3 aromatic rings. The molecule has 2 aromatic carbocycles. The van der Waals surface area contributed by atoms with Crippen molar-refractivity contribution in [3.8, 4) is 0 Å². The quantitative estimate of drug-likeness (QED) is 0.759. The van der Waals surface area contributed by atoms with E-state index in [-0.39, 0.29) is 11.9 Å². The first-order chi connectivity index (χ1) is 11.7. The van der Waals surface area contributed by atoms with E-state index in [2.05, 4.69) is 10.3 Å². The number of aromatic nitrogens is 1. The molecule has 0 aliphatic heterocycles. The Morgan fingerprint density at radius 2 is 1.67 bits per heavy atom. The number of amides is 1. The minimum atomic E-state index is -0.222. The summed E-state index contributed by atoms with van der Waals surface area (Å²) in [4.78, 5) is 16.7. The molecule has 0 saturated heterocycles. The van der Waals surface area contributed by atoms with Crippen LogP contribution >= 0.6 is 11.6 Å². The van der Waals surface area contributed by atoms with Crippen molar-refractivity contribution in [2.45, 2.75) is 12.5 Å². The van der Waals surface area contributed by atoms with E-state index < -0.39 is 0 Å². The summed E-state index contributed by atoms with van der Waals surface area (Å²) in [6, 6.07) is 20.8. The van der Waals surface area contributed by atoms with Crippen LogP contribution in [0.5, 0.6) is 0 Å². The second kappa shape index (κ2) is 7.75. The number of rotatable bonds is 5.